The van der Waals surface area contributed by atoms with Crippen LogP contribution in [0.25, 0.3) is 0 Å². The Kier molecular flexibility index (Phi) is 4.44. The van der Waals surface area contributed by atoms with Gasteiger partial charge in [-0.25, -0.2) is 12.7 Å². The first-order valence-electron chi connectivity index (χ1n) is 6.03. The number of hydrogen-bond acceptors (Lipinski definition) is 9. The van der Waals surface area contributed by atoms with Crippen molar-refractivity contribution in [3.05, 3.63) is 11.7 Å². The Balaban J connectivity index is 2.11. The zero-order valence-electron chi connectivity index (χ0n) is 11.8. The van der Waals surface area contributed by atoms with Gasteiger partial charge in [-0.1, -0.05) is 5.16 Å². The molecule has 21 heavy (non-hydrogen) atoms. The molecule has 11 heteroatoms. The number of rotatable bonds is 6. The van der Waals surface area contributed by atoms with Gasteiger partial charge in [0.05, 0.1) is 0 Å². The third kappa shape index (κ3) is 3.31. The van der Waals surface area contributed by atoms with Crippen molar-refractivity contribution in [2.45, 2.75) is 18.2 Å². The smallest absolute Gasteiger partial charge is 0.249 e. The molecule has 0 unspecified atom stereocenters. The quantitative estimate of drug-likeness (QED) is 0.774. The van der Waals surface area contributed by atoms with E-state index in [2.05, 4.69) is 19.8 Å². The van der Waals surface area contributed by atoms with Gasteiger partial charge in [-0.3, -0.25) is 0 Å². The molecule has 0 spiro atoms. The number of nitrogens with one attached hydrogen (secondary N) is 1. The molecule has 9 nitrogen and oxygen atoms in total. The maximum Gasteiger partial charge on any atom is 0.249 e. The molecule has 2 aromatic heterocycles. The molecule has 0 aromatic carbocycles. The monoisotopic (exact) mass is 332 g/mol. The first-order valence-corrected chi connectivity index (χ1v) is 8.24. The predicted molar refractivity (Wildman–Crippen MR) is 78.6 cm³/mol. The lowest BCUT2D eigenvalue weighted by molar-refractivity contribution is 0.377. The zero-order chi connectivity index (χ0) is 15.6. The van der Waals surface area contributed by atoms with E-state index in [9.17, 15) is 8.42 Å². The summed E-state index contributed by atoms with van der Waals surface area (Å²) in [6, 6.07) is 0. The molecular formula is C10H16N6O3S2. The molecular weight excluding hydrogens is 316 g/mol. The van der Waals surface area contributed by atoms with Crippen LogP contribution < -0.4 is 11.1 Å². The van der Waals surface area contributed by atoms with Crippen LogP contribution in [-0.4, -0.2) is 47.9 Å². The Morgan fingerprint density at radius 2 is 2.14 bits per heavy atom. The van der Waals surface area contributed by atoms with Crippen molar-refractivity contribution >= 4 is 32.4 Å². The molecule has 0 amide bonds. The molecule has 2 aromatic rings. The van der Waals surface area contributed by atoms with Gasteiger partial charge in [0.25, 0.3) is 0 Å². The molecule has 0 saturated carbocycles. The minimum Gasteiger partial charge on any atom is -0.382 e. The van der Waals surface area contributed by atoms with Gasteiger partial charge in [0.15, 0.2) is 16.5 Å². The van der Waals surface area contributed by atoms with Crippen LogP contribution in [0.15, 0.2) is 9.42 Å². The first-order chi connectivity index (χ1) is 9.82. The van der Waals surface area contributed by atoms with Crippen molar-refractivity contribution < 1.29 is 12.9 Å². The Hall–Kier alpha value is -1.72. The number of sulfonamides is 1. The van der Waals surface area contributed by atoms with Crippen LogP contribution in [0.1, 0.15) is 11.7 Å². The highest BCUT2D eigenvalue weighted by Crippen LogP contribution is 2.32. The van der Waals surface area contributed by atoms with Gasteiger partial charge in [-0.2, -0.15) is 9.36 Å². The fraction of sp³-hybridized carbons (Fsp3) is 0.500. The summed E-state index contributed by atoms with van der Waals surface area (Å²) in [5.74, 6) is 1.03. The molecule has 116 valence electrons. The molecule has 0 bridgehead atoms. The van der Waals surface area contributed by atoms with Crippen LogP contribution in [0.5, 0.6) is 0 Å². The summed E-state index contributed by atoms with van der Waals surface area (Å²) < 4.78 is 34.4. The van der Waals surface area contributed by atoms with Crippen LogP contribution in [0.4, 0.5) is 10.8 Å². The van der Waals surface area contributed by atoms with E-state index in [1.165, 1.54) is 14.1 Å². The highest BCUT2D eigenvalue weighted by Gasteiger charge is 2.27. The number of nitrogens with zero attached hydrogens (tertiary/aromatic N) is 4. The second kappa shape index (κ2) is 5.95. The summed E-state index contributed by atoms with van der Waals surface area (Å²) in [6.07, 6.45) is 0.472. The topological polar surface area (TPSA) is 127 Å². The van der Waals surface area contributed by atoms with E-state index < -0.39 is 10.0 Å². The normalized spacial score (nSPS) is 12.0. The molecule has 0 fully saturated rings. The minimum absolute atomic E-state index is 0.000732. The van der Waals surface area contributed by atoms with E-state index >= 15 is 0 Å². The zero-order valence-corrected chi connectivity index (χ0v) is 13.5. The third-order valence-electron chi connectivity index (χ3n) is 2.61. The van der Waals surface area contributed by atoms with Crippen LogP contribution in [0.3, 0.4) is 0 Å². The summed E-state index contributed by atoms with van der Waals surface area (Å²) in [4.78, 5) is 4.06. The highest BCUT2D eigenvalue weighted by atomic mass is 32.2. The van der Waals surface area contributed by atoms with Crippen molar-refractivity contribution in [2.75, 3.05) is 31.7 Å². The van der Waals surface area contributed by atoms with Crippen LogP contribution in [-0.2, 0) is 16.4 Å². The largest absolute Gasteiger partial charge is 0.382 e. The Morgan fingerprint density at radius 1 is 1.43 bits per heavy atom. The van der Waals surface area contributed by atoms with Gasteiger partial charge in [0.1, 0.15) is 5.00 Å². The van der Waals surface area contributed by atoms with E-state index in [4.69, 9.17) is 10.3 Å². The highest BCUT2D eigenvalue weighted by molar-refractivity contribution is 7.89. The average molecular weight is 332 g/mol. The van der Waals surface area contributed by atoms with Crippen molar-refractivity contribution in [3.63, 3.8) is 0 Å². The number of hydrogen-bond donors (Lipinski definition) is 2. The predicted octanol–water partition coefficient (Wildman–Crippen LogP) is 0.322. The van der Waals surface area contributed by atoms with Crippen molar-refractivity contribution in [3.8, 4) is 0 Å². The molecule has 0 aliphatic heterocycles. The van der Waals surface area contributed by atoms with Crippen LogP contribution in [0, 0.1) is 6.92 Å². The van der Waals surface area contributed by atoms with E-state index in [1.54, 1.807) is 6.92 Å². The van der Waals surface area contributed by atoms with Crippen molar-refractivity contribution in [2.24, 2.45) is 0 Å². The van der Waals surface area contributed by atoms with Crippen molar-refractivity contribution in [1.82, 2.24) is 18.8 Å². The number of nitrogens with two attached hydrogens (primary N) is 1. The van der Waals surface area contributed by atoms with Gasteiger partial charge >= 0.3 is 0 Å². The molecule has 0 aliphatic rings. The van der Waals surface area contributed by atoms with Crippen LogP contribution in [0.2, 0.25) is 0 Å². The van der Waals surface area contributed by atoms with Gasteiger partial charge < -0.3 is 15.6 Å². The van der Waals surface area contributed by atoms with Gasteiger partial charge in [-0.05, 0) is 18.5 Å². The van der Waals surface area contributed by atoms with E-state index in [1.807, 2.05) is 0 Å². The summed E-state index contributed by atoms with van der Waals surface area (Å²) >= 11 is 1.00. The molecule has 0 saturated heterocycles. The molecule has 0 atom stereocenters. The fourth-order valence-electron chi connectivity index (χ4n) is 1.56. The maximum absolute atomic E-state index is 12.2. The molecule has 0 aliphatic carbocycles. The minimum atomic E-state index is -3.64. The molecule has 0 radical (unpaired) electrons. The summed E-state index contributed by atoms with van der Waals surface area (Å²) in [7, 11) is -0.760. The molecule has 3 N–H and O–H groups in total. The standard InChI is InChI=1S/C10H16N6O3S2/c1-6-13-7(19-14-6)4-5-12-10-8(9(11)15-20-10)21(17,18)16(2)3/h12H,4-5H2,1-3H3,(H2,11,15). The SMILES string of the molecule is Cc1noc(CCNc2snc(N)c2S(=O)(=O)N(C)C)n1. The van der Waals surface area contributed by atoms with E-state index in [0.29, 0.717) is 29.7 Å². The second-order valence-electron chi connectivity index (χ2n) is 4.43. The summed E-state index contributed by atoms with van der Waals surface area (Å²) in [6.45, 7) is 2.16. The molecule has 2 heterocycles. The molecule has 2 rings (SSSR count). The average Bonchev–Trinajstić information content (AvgIpc) is 2.96. The van der Waals surface area contributed by atoms with Gasteiger partial charge in [0.2, 0.25) is 15.9 Å². The lowest BCUT2D eigenvalue weighted by atomic mass is 10.4. The van der Waals surface area contributed by atoms with Gasteiger partial charge in [-0.15, -0.1) is 0 Å². The van der Waals surface area contributed by atoms with Gasteiger partial charge in [0, 0.05) is 27.1 Å². The van der Waals surface area contributed by atoms with Crippen molar-refractivity contribution in [1.29, 1.82) is 0 Å². The summed E-state index contributed by atoms with van der Waals surface area (Å²) in [5.41, 5.74) is 5.66. The Labute approximate surface area is 126 Å². The lowest BCUT2D eigenvalue weighted by Gasteiger charge is -2.12. The number of aromatic nitrogens is 3. The fourth-order valence-corrected chi connectivity index (χ4v) is 3.67. The number of anilines is 2. The van der Waals surface area contributed by atoms with E-state index in [0.717, 1.165) is 15.8 Å². The number of aryl methyl sites for hydroxylation is 1. The maximum atomic E-state index is 12.2. The summed E-state index contributed by atoms with van der Waals surface area (Å²) in [5, 5.41) is 7.08. The first kappa shape index (κ1) is 15.7. The Bertz CT molecular complexity index is 721. The lowest BCUT2D eigenvalue weighted by Crippen LogP contribution is -2.23. The third-order valence-corrected chi connectivity index (χ3v) is 5.45. The van der Waals surface area contributed by atoms with E-state index in [-0.39, 0.29) is 10.7 Å². The Morgan fingerprint density at radius 3 is 2.71 bits per heavy atom. The number of nitrogen functional groups attached to an aromatic ring is 1. The second-order valence-corrected chi connectivity index (χ2v) is 7.29. The van der Waals surface area contributed by atoms with Crippen LogP contribution >= 0.6 is 11.5 Å².